The van der Waals surface area contributed by atoms with Gasteiger partial charge in [-0.3, -0.25) is 25.8 Å². The molecule has 0 atom stereocenters. The number of aliphatic imine (C=N–C) groups is 1. The molecule has 1 aromatic rings. The molecular formula is C10H10BrN3O3. The first kappa shape index (κ1) is 12.0. The van der Waals surface area contributed by atoms with Crippen molar-refractivity contribution in [3.05, 3.63) is 38.3 Å². The van der Waals surface area contributed by atoms with Crippen molar-refractivity contribution in [1.82, 2.24) is 5.48 Å². The van der Waals surface area contributed by atoms with Crippen LogP contribution in [0.5, 0.6) is 0 Å². The second-order valence-electron chi connectivity index (χ2n) is 3.78. The molecule has 1 fully saturated rings. The lowest BCUT2D eigenvalue weighted by atomic mass is 10.2. The minimum atomic E-state index is -0.486. The van der Waals surface area contributed by atoms with Crippen LogP contribution in [0.2, 0.25) is 0 Å². The van der Waals surface area contributed by atoms with E-state index in [1.54, 1.807) is 6.07 Å². The number of amidine groups is 1. The Labute approximate surface area is 106 Å². The molecule has 0 spiro atoms. The number of non-ortho nitro benzene ring substituents is 1. The number of nitro benzene ring substituents is 1. The molecular weight excluding hydrogens is 290 g/mol. The first-order chi connectivity index (χ1) is 8.10. The number of rotatable bonds is 3. The zero-order chi connectivity index (χ0) is 12.4. The van der Waals surface area contributed by atoms with Crippen molar-refractivity contribution in [3.8, 4) is 0 Å². The number of halogens is 1. The van der Waals surface area contributed by atoms with Gasteiger partial charge in [-0.1, -0.05) is 15.9 Å². The van der Waals surface area contributed by atoms with E-state index < -0.39 is 4.92 Å². The van der Waals surface area contributed by atoms with Crippen molar-refractivity contribution >= 4 is 27.5 Å². The van der Waals surface area contributed by atoms with Crippen molar-refractivity contribution in [2.24, 2.45) is 4.99 Å². The van der Waals surface area contributed by atoms with E-state index in [0.717, 1.165) is 12.8 Å². The van der Waals surface area contributed by atoms with Gasteiger partial charge >= 0.3 is 0 Å². The predicted octanol–water partition coefficient (Wildman–Crippen LogP) is 2.25. The smallest absolute Gasteiger partial charge is 0.271 e. The molecule has 1 aliphatic carbocycles. The molecule has 17 heavy (non-hydrogen) atoms. The molecule has 1 aliphatic rings. The van der Waals surface area contributed by atoms with E-state index in [-0.39, 0.29) is 17.6 Å². The summed E-state index contributed by atoms with van der Waals surface area (Å²) in [4.78, 5) is 14.5. The van der Waals surface area contributed by atoms with E-state index in [0.29, 0.717) is 10.0 Å². The van der Waals surface area contributed by atoms with Crippen LogP contribution in [-0.2, 0) is 0 Å². The summed E-state index contributed by atoms with van der Waals surface area (Å²) < 4.78 is 0.570. The predicted molar refractivity (Wildman–Crippen MR) is 65.3 cm³/mol. The summed E-state index contributed by atoms with van der Waals surface area (Å²) in [6.45, 7) is 0. The Morgan fingerprint density at radius 2 is 2.24 bits per heavy atom. The van der Waals surface area contributed by atoms with E-state index in [2.05, 4.69) is 20.9 Å². The molecule has 0 aliphatic heterocycles. The number of hydrogen-bond donors (Lipinski definition) is 2. The van der Waals surface area contributed by atoms with Gasteiger partial charge in [0.25, 0.3) is 5.69 Å². The van der Waals surface area contributed by atoms with E-state index in [9.17, 15) is 10.1 Å². The summed E-state index contributed by atoms with van der Waals surface area (Å²) in [7, 11) is 0. The lowest BCUT2D eigenvalue weighted by molar-refractivity contribution is -0.384. The van der Waals surface area contributed by atoms with Gasteiger partial charge in [0.15, 0.2) is 5.84 Å². The van der Waals surface area contributed by atoms with E-state index in [4.69, 9.17) is 5.21 Å². The van der Waals surface area contributed by atoms with Crippen LogP contribution < -0.4 is 5.48 Å². The number of hydroxylamine groups is 1. The van der Waals surface area contributed by atoms with Crippen molar-refractivity contribution in [2.75, 3.05) is 0 Å². The van der Waals surface area contributed by atoms with Gasteiger partial charge in [-0.05, 0) is 18.9 Å². The summed E-state index contributed by atoms with van der Waals surface area (Å²) in [5.41, 5.74) is 2.43. The molecule has 0 aromatic heterocycles. The van der Waals surface area contributed by atoms with Gasteiger partial charge in [0, 0.05) is 22.2 Å². The quantitative estimate of drug-likeness (QED) is 0.388. The normalized spacial score (nSPS) is 15.8. The van der Waals surface area contributed by atoms with Gasteiger partial charge in [-0.2, -0.15) is 0 Å². The minimum Gasteiger partial charge on any atom is -0.290 e. The third kappa shape index (κ3) is 3.01. The van der Waals surface area contributed by atoms with Crippen LogP contribution >= 0.6 is 15.9 Å². The van der Waals surface area contributed by atoms with Crippen molar-refractivity contribution in [2.45, 2.75) is 18.9 Å². The topological polar surface area (TPSA) is 87.8 Å². The molecule has 0 unspecified atom stereocenters. The van der Waals surface area contributed by atoms with Crippen LogP contribution in [0.3, 0.4) is 0 Å². The molecule has 0 saturated heterocycles. The third-order valence-corrected chi connectivity index (χ3v) is 2.79. The maximum atomic E-state index is 10.7. The lowest BCUT2D eigenvalue weighted by Gasteiger charge is -2.05. The zero-order valence-electron chi connectivity index (χ0n) is 8.76. The van der Waals surface area contributed by atoms with Crippen molar-refractivity contribution in [1.29, 1.82) is 0 Å². The van der Waals surface area contributed by atoms with Crippen molar-refractivity contribution in [3.63, 3.8) is 0 Å². The number of nitro groups is 1. The first-order valence-corrected chi connectivity index (χ1v) is 5.82. The van der Waals surface area contributed by atoms with Crippen LogP contribution in [0, 0.1) is 10.1 Å². The highest BCUT2D eigenvalue weighted by atomic mass is 79.9. The molecule has 0 radical (unpaired) electrons. The summed E-state index contributed by atoms with van der Waals surface area (Å²) in [6.07, 6.45) is 1.97. The maximum absolute atomic E-state index is 10.7. The van der Waals surface area contributed by atoms with Crippen LogP contribution in [0.25, 0.3) is 0 Å². The summed E-state index contributed by atoms with van der Waals surface area (Å²) >= 11 is 3.19. The highest BCUT2D eigenvalue weighted by molar-refractivity contribution is 9.10. The molecule has 1 saturated carbocycles. The fourth-order valence-corrected chi connectivity index (χ4v) is 1.85. The van der Waals surface area contributed by atoms with Gasteiger partial charge in [-0.15, -0.1) is 0 Å². The Morgan fingerprint density at radius 1 is 1.53 bits per heavy atom. The van der Waals surface area contributed by atoms with E-state index >= 15 is 0 Å². The summed E-state index contributed by atoms with van der Waals surface area (Å²) in [6, 6.07) is 4.64. The number of nitrogens with zero attached hydrogens (tertiary/aromatic N) is 2. The Balaban J connectivity index is 2.38. The largest absolute Gasteiger partial charge is 0.290 e. The summed E-state index contributed by atoms with van der Waals surface area (Å²) in [5, 5.41) is 19.7. The Bertz CT molecular complexity index is 486. The number of hydrogen-bond acceptors (Lipinski definition) is 4. The SMILES string of the molecule is O=[N+]([O-])c1cc(Br)cc(C(=NC2CC2)NO)c1. The van der Waals surface area contributed by atoms with Gasteiger partial charge < -0.3 is 0 Å². The molecule has 6 nitrogen and oxygen atoms in total. The first-order valence-electron chi connectivity index (χ1n) is 5.03. The number of benzene rings is 1. The fourth-order valence-electron chi connectivity index (χ4n) is 1.37. The van der Waals surface area contributed by atoms with Crippen LogP contribution in [0.4, 0.5) is 5.69 Å². The van der Waals surface area contributed by atoms with Gasteiger partial charge in [-0.25, -0.2) is 0 Å². The van der Waals surface area contributed by atoms with Gasteiger partial charge in [0.2, 0.25) is 0 Å². The standard InChI is InChI=1S/C10H10BrN3O3/c11-7-3-6(4-9(5-7)14(16)17)10(13-15)12-8-1-2-8/h3-5,8,15H,1-2H2,(H,12,13). The molecule has 90 valence electrons. The molecule has 0 bridgehead atoms. The molecule has 7 heteroatoms. The molecule has 2 N–H and O–H groups in total. The monoisotopic (exact) mass is 299 g/mol. The van der Waals surface area contributed by atoms with Crippen molar-refractivity contribution < 1.29 is 10.1 Å². The van der Waals surface area contributed by atoms with E-state index in [1.807, 2.05) is 5.48 Å². The zero-order valence-corrected chi connectivity index (χ0v) is 10.3. The second-order valence-corrected chi connectivity index (χ2v) is 4.69. The fraction of sp³-hybridized carbons (Fsp3) is 0.300. The minimum absolute atomic E-state index is 0.0480. The highest BCUT2D eigenvalue weighted by Gasteiger charge is 2.22. The van der Waals surface area contributed by atoms with Gasteiger partial charge in [0.05, 0.1) is 11.0 Å². The average molecular weight is 300 g/mol. The van der Waals surface area contributed by atoms with Crippen LogP contribution in [0.15, 0.2) is 27.7 Å². The third-order valence-electron chi connectivity index (χ3n) is 2.33. The second kappa shape index (κ2) is 4.80. The molecule has 0 heterocycles. The van der Waals surface area contributed by atoms with Gasteiger partial charge in [0.1, 0.15) is 0 Å². The molecule has 1 aromatic carbocycles. The highest BCUT2D eigenvalue weighted by Crippen LogP contribution is 2.26. The van der Waals surface area contributed by atoms with Crippen LogP contribution in [0.1, 0.15) is 18.4 Å². The van der Waals surface area contributed by atoms with Crippen LogP contribution in [-0.4, -0.2) is 22.0 Å². The summed E-state index contributed by atoms with van der Waals surface area (Å²) in [5.74, 6) is 0.261. The Hall–Kier alpha value is -1.47. The van der Waals surface area contributed by atoms with E-state index in [1.165, 1.54) is 12.1 Å². The molecule has 0 amide bonds. The lowest BCUT2D eigenvalue weighted by Crippen LogP contribution is -2.21. The Kier molecular flexibility index (Phi) is 3.39. The Morgan fingerprint density at radius 3 is 2.76 bits per heavy atom. The maximum Gasteiger partial charge on any atom is 0.271 e. The average Bonchev–Trinajstić information content (AvgIpc) is 3.08. The molecule has 2 rings (SSSR count). The number of nitrogens with one attached hydrogen (secondary N) is 1.